The normalized spacial score (nSPS) is 11.2. The molecule has 0 aliphatic heterocycles. The molecule has 2 aromatic heterocycles. The molecule has 0 aliphatic rings. The molecule has 3 aromatic rings. The third kappa shape index (κ3) is 2.12. The Hall–Kier alpha value is -2.07. The molecule has 0 fully saturated rings. The Morgan fingerprint density at radius 1 is 1.30 bits per heavy atom. The standard InChI is InChI=1S/C15H14ClN3O/c1-3-10-7-11(4-5-12(10)16)13-8-15(20)19-14(17-13)6-9(2)18-19/h4-8,17H,3H2,1-2H3. The monoisotopic (exact) mass is 287 g/mol. The predicted octanol–water partition coefficient (Wildman–Crippen LogP) is 3.21. The van der Waals surface area contributed by atoms with Gasteiger partial charge in [0.05, 0.1) is 11.4 Å². The van der Waals surface area contributed by atoms with Crippen molar-refractivity contribution in [2.45, 2.75) is 20.3 Å². The molecule has 0 amide bonds. The number of hydrogen-bond acceptors (Lipinski definition) is 2. The molecule has 0 atom stereocenters. The van der Waals surface area contributed by atoms with E-state index in [-0.39, 0.29) is 5.56 Å². The minimum absolute atomic E-state index is 0.144. The Labute approximate surface area is 121 Å². The molecule has 0 aliphatic carbocycles. The minimum Gasteiger partial charge on any atom is -0.339 e. The van der Waals surface area contributed by atoms with Gasteiger partial charge >= 0.3 is 0 Å². The van der Waals surface area contributed by atoms with Gasteiger partial charge in [0, 0.05) is 17.2 Å². The molecule has 0 spiro atoms. The van der Waals surface area contributed by atoms with Gasteiger partial charge in [-0.2, -0.15) is 9.61 Å². The first-order valence-electron chi connectivity index (χ1n) is 6.47. The average Bonchev–Trinajstić information content (AvgIpc) is 2.80. The van der Waals surface area contributed by atoms with Crippen molar-refractivity contribution in [3.05, 3.63) is 57.0 Å². The van der Waals surface area contributed by atoms with Crippen LogP contribution in [0.2, 0.25) is 5.02 Å². The van der Waals surface area contributed by atoms with E-state index in [2.05, 4.69) is 17.0 Å². The van der Waals surface area contributed by atoms with Crippen LogP contribution >= 0.6 is 11.6 Å². The largest absolute Gasteiger partial charge is 0.339 e. The Morgan fingerprint density at radius 2 is 2.10 bits per heavy atom. The van der Waals surface area contributed by atoms with Gasteiger partial charge in [-0.15, -0.1) is 0 Å². The lowest BCUT2D eigenvalue weighted by Gasteiger charge is -2.06. The summed E-state index contributed by atoms with van der Waals surface area (Å²) in [6.45, 7) is 3.91. The maximum absolute atomic E-state index is 12.1. The second-order valence-electron chi connectivity index (χ2n) is 4.76. The van der Waals surface area contributed by atoms with Crippen LogP contribution in [-0.4, -0.2) is 14.6 Å². The Bertz CT molecular complexity index is 848. The van der Waals surface area contributed by atoms with E-state index in [0.29, 0.717) is 5.65 Å². The van der Waals surface area contributed by atoms with Crippen LogP contribution in [0.4, 0.5) is 0 Å². The highest BCUT2D eigenvalue weighted by Gasteiger charge is 2.07. The molecule has 102 valence electrons. The van der Waals surface area contributed by atoms with E-state index in [9.17, 15) is 4.79 Å². The number of aryl methyl sites for hydroxylation is 2. The van der Waals surface area contributed by atoms with E-state index in [1.807, 2.05) is 31.2 Å². The Balaban J connectivity index is 2.21. The van der Waals surface area contributed by atoms with Crippen molar-refractivity contribution >= 4 is 17.2 Å². The van der Waals surface area contributed by atoms with E-state index in [1.165, 1.54) is 4.52 Å². The molecule has 20 heavy (non-hydrogen) atoms. The number of aromatic amines is 1. The van der Waals surface area contributed by atoms with Gasteiger partial charge < -0.3 is 4.98 Å². The van der Waals surface area contributed by atoms with Crippen molar-refractivity contribution in [2.24, 2.45) is 0 Å². The summed E-state index contributed by atoms with van der Waals surface area (Å²) in [7, 11) is 0. The summed E-state index contributed by atoms with van der Waals surface area (Å²) in [6, 6.07) is 9.18. The van der Waals surface area contributed by atoms with Crippen LogP contribution in [0.3, 0.4) is 0 Å². The number of hydrogen-bond donors (Lipinski definition) is 1. The summed E-state index contributed by atoms with van der Waals surface area (Å²) in [6.07, 6.45) is 0.852. The third-order valence-corrected chi connectivity index (χ3v) is 3.68. The molecule has 0 saturated heterocycles. The first kappa shape index (κ1) is 12.9. The Kier molecular flexibility index (Phi) is 3.10. The van der Waals surface area contributed by atoms with Crippen LogP contribution in [-0.2, 0) is 6.42 Å². The summed E-state index contributed by atoms with van der Waals surface area (Å²) in [4.78, 5) is 15.3. The molecule has 0 radical (unpaired) electrons. The molecule has 4 nitrogen and oxygen atoms in total. The van der Waals surface area contributed by atoms with Crippen molar-refractivity contribution in [1.29, 1.82) is 0 Å². The van der Waals surface area contributed by atoms with Crippen LogP contribution < -0.4 is 5.56 Å². The number of aromatic nitrogens is 3. The van der Waals surface area contributed by atoms with E-state index in [4.69, 9.17) is 11.6 Å². The lowest BCUT2D eigenvalue weighted by atomic mass is 10.1. The Morgan fingerprint density at radius 3 is 2.85 bits per heavy atom. The van der Waals surface area contributed by atoms with Gasteiger partial charge in [0.2, 0.25) is 0 Å². The fourth-order valence-corrected chi connectivity index (χ4v) is 2.54. The van der Waals surface area contributed by atoms with Gasteiger partial charge in [-0.3, -0.25) is 4.79 Å². The summed E-state index contributed by atoms with van der Waals surface area (Å²) in [5.74, 6) is 0. The fourth-order valence-electron chi connectivity index (χ4n) is 2.28. The molecule has 2 heterocycles. The van der Waals surface area contributed by atoms with Gasteiger partial charge in [0.15, 0.2) is 0 Å². The molecular weight excluding hydrogens is 274 g/mol. The first-order chi connectivity index (χ1) is 9.58. The minimum atomic E-state index is -0.144. The van der Waals surface area contributed by atoms with Crippen LogP contribution in [0.5, 0.6) is 0 Å². The van der Waals surface area contributed by atoms with Crippen molar-refractivity contribution in [2.75, 3.05) is 0 Å². The first-order valence-corrected chi connectivity index (χ1v) is 6.85. The average molecular weight is 288 g/mol. The summed E-state index contributed by atoms with van der Waals surface area (Å²) in [5.41, 5.74) is 4.14. The molecule has 1 N–H and O–H groups in total. The van der Waals surface area contributed by atoms with Crippen molar-refractivity contribution in [3.63, 3.8) is 0 Å². The van der Waals surface area contributed by atoms with Crippen molar-refractivity contribution in [1.82, 2.24) is 14.6 Å². The van der Waals surface area contributed by atoms with Gasteiger partial charge in [-0.25, -0.2) is 0 Å². The SMILES string of the molecule is CCc1cc(-c2cc(=O)n3nc(C)cc3[nH]2)ccc1Cl. The maximum Gasteiger partial charge on any atom is 0.274 e. The fraction of sp³-hybridized carbons (Fsp3) is 0.200. The van der Waals surface area contributed by atoms with Gasteiger partial charge in [0.1, 0.15) is 5.65 Å². The summed E-state index contributed by atoms with van der Waals surface area (Å²) >= 11 is 6.13. The van der Waals surface area contributed by atoms with E-state index >= 15 is 0 Å². The number of nitrogens with one attached hydrogen (secondary N) is 1. The topological polar surface area (TPSA) is 50.2 Å². The van der Waals surface area contributed by atoms with Gasteiger partial charge in [-0.1, -0.05) is 24.6 Å². The highest BCUT2D eigenvalue weighted by Crippen LogP contribution is 2.24. The number of H-pyrrole nitrogens is 1. The molecule has 0 unspecified atom stereocenters. The number of fused-ring (bicyclic) bond motifs is 1. The number of halogens is 1. The van der Waals surface area contributed by atoms with Crippen LogP contribution in [0, 0.1) is 6.92 Å². The zero-order valence-corrected chi connectivity index (χ0v) is 12.0. The zero-order valence-electron chi connectivity index (χ0n) is 11.3. The van der Waals surface area contributed by atoms with Crippen LogP contribution in [0.25, 0.3) is 16.9 Å². The van der Waals surface area contributed by atoms with Crippen LogP contribution in [0.1, 0.15) is 18.2 Å². The van der Waals surface area contributed by atoms with Gasteiger partial charge in [-0.05, 0) is 36.6 Å². The number of nitrogens with zero attached hydrogens (tertiary/aromatic N) is 2. The second-order valence-corrected chi connectivity index (χ2v) is 5.17. The molecule has 0 bridgehead atoms. The highest BCUT2D eigenvalue weighted by molar-refractivity contribution is 6.31. The molecule has 3 rings (SSSR count). The van der Waals surface area contributed by atoms with E-state index < -0.39 is 0 Å². The van der Waals surface area contributed by atoms with E-state index in [1.54, 1.807) is 6.07 Å². The summed E-state index contributed by atoms with van der Waals surface area (Å²) in [5, 5.41) is 4.90. The van der Waals surface area contributed by atoms with Crippen molar-refractivity contribution in [3.8, 4) is 11.3 Å². The second kappa shape index (κ2) is 4.80. The lowest BCUT2D eigenvalue weighted by molar-refractivity contribution is 0.882. The molecule has 5 heteroatoms. The molecule has 1 aromatic carbocycles. The van der Waals surface area contributed by atoms with Crippen molar-refractivity contribution < 1.29 is 0 Å². The van der Waals surface area contributed by atoms with E-state index in [0.717, 1.165) is 34.0 Å². The predicted molar refractivity (Wildman–Crippen MR) is 80.4 cm³/mol. The highest BCUT2D eigenvalue weighted by atomic mass is 35.5. The quantitative estimate of drug-likeness (QED) is 0.787. The summed E-state index contributed by atoms with van der Waals surface area (Å²) < 4.78 is 1.37. The number of benzene rings is 1. The lowest BCUT2D eigenvalue weighted by Crippen LogP contribution is -2.14. The molecule has 0 saturated carbocycles. The zero-order chi connectivity index (χ0) is 14.3. The van der Waals surface area contributed by atoms with Gasteiger partial charge in [0.25, 0.3) is 5.56 Å². The third-order valence-electron chi connectivity index (χ3n) is 3.31. The maximum atomic E-state index is 12.1. The molecular formula is C15H14ClN3O. The van der Waals surface area contributed by atoms with Crippen LogP contribution in [0.15, 0.2) is 35.1 Å². The smallest absolute Gasteiger partial charge is 0.274 e. The number of rotatable bonds is 2.